The van der Waals surface area contributed by atoms with Crippen LogP contribution in [0.15, 0.2) is 59.6 Å². The maximum Gasteiger partial charge on any atom is 0.191 e. The number of nitrogens with one attached hydrogen (secondary N) is 2. The number of halogens is 2. The number of benzene rings is 2. The second-order valence-electron chi connectivity index (χ2n) is 6.29. The molecule has 140 valence electrons. The minimum Gasteiger partial charge on any atom is -0.369 e. The van der Waals surface area contributed by atoms with E-state index in [0.29, 0.717) is 6.04 Å². The van der Waals surface area contributed by atoms with Gasteiger partial charge in [-0.3, -0.25) is 4.99 Å². The molecule has 1 fully saturated rings. The summed E-state index contributed by atoms with van der Waals surface area (Å²) < 4.78 is 13.2. The van der Waals surface area contributed by atoms with Crippen LogP contribution in [0.4, 0.5) is 10.1 Å². The first-order valence-corrected chi connectivity index (χ1v) is 8.76. The number of nitrogens with zero attached hydrogens (tertiary/aromatic N) is 2. The number of guanidine groups is 1. The van der Waals surface area contributed by atoms with Crippen LogP contribution in [0.2, 0.25) is 0 Å². The van der Waals surface area contributed by atoms with E-state index in [9.17, 15) is 4.39 Å². The molecule has 0 spiro atoms. The predicted molar refractivity (Wildman–Crippen MR) is 117 cm³/mol. The van der Waals surface area contributed by atoms with Crippen molar-refractivity contribution >= 4 is 35.6 Å². The Morgan fingerprint density at radius 2 is 2.00 bits per heavy atom. The highest BCUT2D eigenvalue weighted by Crippen LogP contribution is 2.19. The molecular formula is C20H26FIN4. The lowest BCUT2D eigenvalue weighted by atomic mass is 10.1. The zero-order valence-corrected chi connectivity index (χ0v) is 17.3. The molecular weight excluding hydrogens is 442 g/mol. The lowest BCUT2D eigenvalue weighted by molar-refractivity contribution is 0.624. The number of hydrogen-bond donors (Lipinski definition) is 2. The molecule has 1 unspecified atom stereocenters. The number of anilines is 1. The third kappa shape index (κ3) is 5.86. The Labute approximate surface area is 171 Å². The van der Waals surface area contributed by atoms with Crippen molar-refractivity contribution in [3.8, 4) is 0 Å². The molecule has 2 aromatic carbocycles. The molecule has 3 rings (SSSR count). The van der Waals surface area contributed by atoms with Gasteiger partial charge in [0.25, 0.3) is 0 Å². The Morgan fingerprint density at radius 1 is 1.19 bits per heavy atom. The summed E-state index contributed by atoms with van der Waals surface area (Å²) in [6.07, 6.45) is 1.85. The maximum atomic E-state index is 13.2. The average Bonchev–Trinajstić information content (AvgIpc) is 3.10. The molecule has 1 heterocycles. The zero-order valence-electron chi connectivity index (χ0n) is 15.0. The molecule has 2 aromatic rings. The highest BCUT2D eigenvalue weighted by Gasteiger charge is 2.23. The summed E-state index contributed by atoms with van der Waals surface area (Å²) >= 11 is 0. The molecule has 0 amide bonds. The van der Waals surface area contributed by atoms with Crippen molar-refractivity contribution in [3.63, 3.8) is 0 Å². The molecule has 26 heavy (non-hydrogen) atoms. The first-order chi connectivity index (χ1) is 12.2. The molecule has 0 saturated carbocycles. The number of aliphatic imine (C=N–C) groups is 1. The van der Waals surface area contributed by atoms with Crippen molar-refractivity contribution in [2.75, 3.05) is 31.6 Å². The Kier molecular flexibility index (Phi) is 8.15. The van der Waals surface area contributed by atoms with E-state index >= 15 is 0 Å². The monoisotopic (exact) mass is 468 g/mol. The number of hydrogen-bond acceptors (Lipinski definition) is 2. The maximum absolute atomic E-state index is 13.2. The molecule has 4 nitrogen and oxygen atoms in total. The first kappa shape index (κ1) is 20.5. The second kappa shape index (κ2) is 10.4. The van der Waals surface area contributed by atoms with Gasteiger partial charge in [0.15, 0.2) is 5.96 Å². The summed E-state index contributed by atoms with van der Waals surface area (Å²) in [4.78, 5) is 6.69. The van der Waals surface area contributed by atoms with Gasteiger partial charge in [-0.25, -0.2) is 4.39 Å². The van der Waals surface area contributed by atoms with Crippen LogP contribution in [0.3, 0.4) is 0 Å². The third-order valence-electron chi connectivity index (χ3n) is 4.47. The Bertz CT molecular complexity index is 708. The summed E-state index contributed by atoms with van der Waals surface area (Å²) in [6.45, 7) is 2.73. The van der Waals surface area contributed by atoms with Crippen LogP contribution < -0.4 is 15.5 Å². The molecule has 0 aromatic heterocycles. The molecule has 0 radical (unpaired) electrons. The average molecular weight is 468 g/mol. The van der Waals surface area contributed by atoms with Crippen LogP contribution >= 0.6 is 24.0 Å². The van der Waals surface area contributed by atoms with E-state index in [2.05, 4.69) is 44.8 Å². The fraction of sp³-hybridized carbons (Fsp3) is 0.350. The normalized spacial score (nSPS) is 16.9. The van der Waals surface area contributed by atoms with Crippen molar-refractivity contribution in [2.24, 2.45) is 4.99 Å². The van der Waals surface area contributed by atoms with Crippen LogP contribution in [0.1, 0.15) is 12.0 Å². The smallest absolute Gasteiger partial charge is 0.191 e. The molecule has 1 saturated heterocycles. The van der Waals surface area contributed by atoms with Gasteiger partial charge in [-0.15, -0.1) is 24.0 Å². The van der Waals surface area contributed by atoms with Crippen molar-refractivity contribution < 1.29 is 4.39 Å². The quantitative estimate of drug-likeness (QED) is 0.402. The number of para-hydroxylation sites is 1. The molecule has 6 heteroatoms. The summed E-state index contributed by atoms with van der Waals surface area (Å²) in [6, 6.07) is 17.6. The van der Waals surface area contributed by atoms with E-state index < -0.39 is 0 Å². The topological polar surface area (TPSA) is 39.7 Å². The van der Waals surface area contributed by atoms with Gasteiger partial charge in [-0.2, -0.15) is 0 Å². The van der Waals surface area contributed by atoms with E-state index in [0.717, 1.165) is 44.0 Å². The Hall–Kier alpha value is -1.83. The summed E-state index contributed by atoms with van der Waals surface area (Å²) in [5.74, 6) is 0.614. The lowest BCUT2D eigenvalue weighted by Gasteiger charge is -2.20. The SMILES string of the molecule is CN=C(NCCc1cccc(F)c1)NC1CCN(c2ccccc2)C1.I. The van der Waals surface area contributed by atoms with Gasteiger partial charge in [0.2, 0.25) is 0 Å². The largest absolute Gasteiger partial charge is 0.369 e. The van der Waals surface area contributed by atoms with E-state index in [4.69, 9.17) is 0 Å². The molecule has 0 aliphatic carbocycles. The molecule has 1 aliphatic heterocycles. The summed E-state index contributed by atoms with van der Waals surface area (Å²) in [5, 5.41) is 6.80. The van der Waals surface area contributed by atoms with Gasteiger partial charge in [-0.05, 0) is 42.7 Å². The lowest BCUT2D eigenvalue weighted by Crippen LogP contribution is -2.45. The third-order valence-corrected chi connectivity index (χ3v) is 4.47. The van der Waals surface area contributed by atoms with Crippen LogP contribution in [0.25, 0.3) is 0 Å². The van der Waals surface area contributed by atoms with E-state index in [1.54, 1.807) is 19.2 Å². The van der Waals surface area contributed by atoms with Crippen LogP contribution in [-0.4, -0.2) is 38.7 Å². The van der Waals surface area contributed by atoms with Crippen molar-refractivity contribution in [3.05, 3.63) is 66.0 Å². The van der Waals surface area contributed by atoms with Gasteiger partial charge >= 0.3 is 0 Å². The highest BCUT2D eigenvalue weighted by atomic mass is 127. The second-order valence-corrected chi connectivity index (χ2v) is 6.29. The molecule has 1 aliphatic rings. The first-order valence-electron chi connectivity index (χ1n) is 8.76. The van der Waals surface area contributed by atoms with Crippen LogP contribution in [-0.2, 0) is 6.42 Å². The number of rotatable bonds is 5. The van der Waals surface area contributed by atoms with E-state index in [-0.39, 0.29) is 29.8 Å². The van der Waals surface area contributed by atoms with E-state index in [1.807, 2.05) is 12.1 Å². The molecule has 2 N–H and O–H groups in total. The molecule has 1 atom stereocenters. The van der Waals surface area contributed by atoms with Gasteiger partial charge in [0, 0.05) is 38.4 Å². The van der Waals surface area contributed by atoms with Crippen LogP contribution in [0.5, 0.6) is 0 Å². The van der Waals surface area contributed by atoms with E-state index in [1.165, 1.54) is 11.8 Å². The fourth-order valence-corrected chi connectivity index (χ4v) is 3.16. The molecule has 0 bridgehead atoms. The van der Waals surface area contributed by atoms with Gasteiger partial charge in [0.05, 0.1) is 0 Å². The van der Waals surface area contributed by atoms with Crippen LogP contribution in [0, 0.1) is 5.82 Å². The Morgan fingerprint density at radius 3 is 2.73 bits per heavy atom. The van der Waals surface area contributed by atoms with Crippen molar-refractivity contribution in [1.29, 1.82) is 0 Å². The Balaban J connectivity index is 0.00000243. The summed E-state index contributed by atoms with van der Waals surface area (Å²) in [5.41, 5.74) is 2.25. The van der Waals surface area contributed by atoms with Gasteiger partial charge in [-0.1, -0.05) is 30.3 Å². The minimum atomic E-state index is -0.188. The standard InChI is InChI=1S/C20H25FN4.HI/c1-22-20(23-12-10-16-6-5-7-17(21)14-16)24-18-11-13-25(15-18)19-8-3-2-4-9-19;/h2-9,14,18H,10-13,15H2,1H3,(H2,22,23,24);1H. The summed E-state index contributed by atoms with van der Waals surface area (Å²) in [7, 11) is 1.78. The van der Waals surface area contributed by atoms with Crippen molar-refractivity contribution in [2.45, 2.75) is 18.9 Å². The van der Waals surface area contributed by atoms with Crippen molar-refractivity contribution in [1.82, 2.24) is 10.6 Å². The zero-order chi connectivity index (χ0) is 17.5. The minimum absolute atomic E-state index is 0. The van der Waals surface area contributed by atoms with Gasteiger partial charge in [0.1, 0.15) is 5.82 Å². The predicted octanol–water partition coefficient (Wildman–Crippen LogP) is 3.43. The highest BCUT2D eigenvalue weighted by molar-refractivity contribution is 14.0. The fourth-order valence-electron chi connectivity index (χ4n) is 3.16. The van der Waals surface area contributed by atoms with Gasteiger partial charge < -0.3 is 15.5 Å².